The van der Waals surface area contributed by atoms with E-state index in [0.717, 1.165) is 0 Å². The molecule has 1 aromatic rings. The molecule has 0 amide bonds. The van der Waals surface area contributed by atoms with Gasteiger partial charge in [-0.1, -0.05) is 13.8 Å². The smallest absolute Gasteiger partial charge is 0.251 e. The van der Waals surface area contributed by atoms with E-state index in [9.17, 15) is 4.39 Å². The molecule has 0 radical (unpaired) electrons. The van der Waals surface area contributed by atoms with Gasteiger partial charge in [0.15, 0.2) is 5.82 Å². The fourth-order valence-corrected chi connectivity index (χ4v) is 1.50. The molecule has 1 heterocycles. The summed E-state index contributed by atoms with van der Waals surface area (Å²) in [5.74, 6) is -0.366. The van der Waals surface area contributed by atoms with E-state index in [4.69, 9.17) is 9.47 Å². The minimum atomic E-state index is -0.404. The first-order valence-electron chi connectivity index (χ1n) is 6.65. The van der Waals surface area contributed by atoms with Gasteiger partial charge in [-0.25, -0.2) is 9.37 Å². The molecule has 0 aliphatic carbocycles. The molecule has 1 N–H and O–H groups in total. The first-order chi connectivity index (χ1) is 9.04. The molecule has 1 aromatic heterocycles. The number of pyridine rings is 1. The van der Waals surface area contributed by atoms with Gasteiger partial charge >= 0.3 is 0 Å². The summed E-state index contributed by atoms with van der Waals surface area (Å²) in [6, 6.07) is 1.96. The Hall–Kier alpha value is -1.20. The van der Waals surface area contributed by atoms with E-state index in [1.54, 1.807) is 12.3 Å². The van der Waals surface area contributed by atoms with Crippen LogP contribution >= 0.6 is 0 Å². The number of nitrogens with zero attached hydrogens (tertiary/aromatic N) is 1. The van der Waals surface area contributed by atoms with E-state index < -0.39 is 5.82 Å². The Balaban J connectivity index is 2.65. The maximum Gasteiger partial charge on any atom is 0.251 e. The molecule has 5 heteroatoms. The van der Waals surface area contributed by atoms with Crippen LogP contribution in [0.15, 0.2) is 12.3 Å². The number of nitrogens with one attached hydrogen (secondary N) is 1. The second-order valence-electron chi connectivity index (χ2n) is 4.71. The van der Waals surface area contributed by atoms with Crippen molar-refractivity contribution in [2.75, 3.05) is 13.2 Å². The van der Waals surface area contributed by atoms with Crippen molar-refractivity contribution in [2.45, 2.75) is 46.4 Å². The van der Waals surface area contributed by atoms with Gasteiger partial charge in [0.05, 0.1) is 6.61 Å². The van der Waals surface area contributed by atoms with Gasteiger partial charge in [-0.05, 0) is 19.9 Å². The van der Waals surface area contributed by atoms with Gasteiger partial charge < -0.3 is 14.8 Å². The monoisotopic (exact) mass is 270 g/mol. The summed E-state index contributed by atoms with van der Waals surface area (Å²) in [5, 5.41) is 3.17. The summed E-state index contributed by atoms with van der Waals surface area (Å²) in [5.41, 5.74) is 0.558. The molecule has 0 saturated heterocycles. The number of aromatic nitrogens is 1. The van der Waals surface area contributed by atoms with Gasteiger partial charge in [0.2, 0.25) is 0 Å². The molecule has 0 spiro atoms. The zero-order chi connectivity index (χ0) is 14.3. The molecule has 1 unspecified atom stereocenters. The summed E-state index contributed by atoms with van der Waals surface area (Å²) < 4.78 is 24.8. The lowest BCUT2D eigenvalue weighted by atomic mass is 10.2. The van der Waals surface area contributed by atoms with Crippen molar-refractivity contribution in [3.8, 4) is 5.88 Å². The van der Waals surface area contributed by atoms with Crippen LogP contribution in [0.4, 0.5) is 4.39 Å². The van der Waals surface area contributed by atoms with Gasteiger partial charge in [-0.2, -0.15) is 0 Å². The van der Waals surface area contributed by atoms with Crippen molar-refractivity contribution in [3.05, 3.63) is 23.6 Å². The lowest BCUT2D eigenvalue weighted by molar-refractivity contribution is 0.0609. The molecule has 0 aliphatic heterocycles. The highest BCUT2D eigenvalue weighted by molar-refractivity contribution is 5.23. The molecular formula is C14H23FN2O2. The third-order valence-electron chi connectivity index (χ3n) is 2.51. The third kappa shape index (κ3) is 5.53. The van der Waals surface area contributed by atoms with Crippen LogP contribution in [-0.2, 0) is 11.3 Å². The average Bonchev–Trinajstić information content (AvgIpc) is 2.37. The molecule has 108 valence electrons. The Labute approximate surface area is 114 Å². The highest BCUT2D eigenvalue weighted by Gasteiger charge is 2.14. The predicted molar refractivity (Wildman–Crippen MR) is 72.8 cm³/mol. The average molecular weight is 270 g/mol. The summed E-state index contributed by atoms with van der Waals surface area (Å²) in [4.78, 5) is 3.93. The molecule has 1 rings (SSSR count). The standard InChI is InChI=1S/C14H23FN2O2/c1-5-18-9-11(4)19-14-13(15)12(6-7-16-14)8-17-10(2)3/h6-7,10-11,17H,5,8-9H2,1-4H3. The van der Waals surface area contributed by atoms with Gasteiger partial charge in [-0.3, -0.25) is 0 Å². The molecular weight excluding hydrogens is 247 g/mol. The van der Waals surface area contributed by atoms with Gasteiger partial charge in [0, 0.05) is 31.0 Å². The first-order valence-corrected chi connectivity index (χ1v) is 6.65. The Bertz CT molecular complexity index is 386. The zero-order valence-electron chi connectivity index (χ0n) is 12.1. The minimum Gasteiger partial charge on any atom is -0.470 e. The fraction of sp³-hybridized carbons (Fsp3) is 0.643. The van der Waals surface area contributed by atoms with Crippen LogP contribution in [0, 0.1) is 5.82 Å². The maximum atomic E-state index is 14.1. The Morgan fingerprint density at radius 1 is 1.37 bits per heavy atom. The van der Waals surface area contributed by atoms with E-state index >= 15 is 0 Å². The van der Waals surface area contributed by atoms with Crippen molar-refractivity contribution < 1.29 is 13.9 Å². The van der Waals surface area contributed by atoms with Crippen LogP contribution in [0.3, 0.4) is 0 Å². The van der Waals surface area contributed by atoms with Crippen LogP contribution in [0.1, 0.15) is 33.3 Å². The van der Waals surface area contributed by atoms with Crippen molar-refractivity contribution >= 4 is 0 Å². The highest BCUT2D eigenvalue weighted by Crippen LogP contribution is 2.18. The summed E-state index contributed by atoms with van der Waals surface area (Å²) in [6.45, 7) is 9.26. The van der Waals surface area contributed by atoms with Crippen LogP contribution in [-0.4, -0.2) is 30.3 Å². The van der Waals surface area contributed by atoms with Crippen molar-refractivity contribution in [3.63, 3.8) is 0 Å². The SMILES string of the molecule is CCOCC(C)Oc1nccc(CNC(C)C)c1F. The van der Waals surface area contributed by atoms with Gasteiger partial charge in [0.25, 0.3) is 5.88 Å². The lowest BCUT2D eigenvalue weighted by Gasteiger charge is -2.15. The largest absolute Gasteiger partial charge is 0.470 e. The van der Waals surface area contributed by atoms with E-state index in [0.29, 0.717) is 31.4 Å². The van der Waals surface area contributed by atoms with E-state index in [1.807, 2.05) is 27.7 Å². The number of hydrogen-bond acceptors (Lipinski definition) is 4. The van der Waals surface area contributed by atoms with Crippen molar-refractivity contribution in [1.82, 2.24) is 10.3 Å². The maximum absolute atomic E-state index is 14.1. The molecule has 4 nitrogen and oxygen atoms in total. The fourth-order valence-electron chi connectivity index (χ4n) is 1.50. The number of ether oxygens (including phenoxy) is 2. The van der Waals surface area contributed by atoms with Crippen LogP contribution in [0.25, 0.3) is 0 Å². The number of halogens is 1. The molecule has 19 heavy (non-hydrogen) atoms. The van der Waals surface area contributed by atoms with E-state index in [-0.39, 0.29) is 12.0 Å². The zero-order valence-corrected chi connectivity index (χ0v) is 12.1. The molecule has 1 atom stereocenters. The predicted octanol–water partition coefficient (Wildman–Crippen LogP) is 2.52. The highest BCUT2D eigenvalue weighted by atomic mass is 19.1. The summed E-state index contributed by atoms with van der Waals surface area (Å²) >= 11 is 0. The Morgan fingerprint density at radius 2 is 2.11 bits per heavy atom. The molecule has 0 fully saturated rings. The van der Waals surface area contributed by atoms with Gasteiger partial charge in [0.1, 0.15) is 6.10 Å². The van der Waals surface area contributed by atoms with Crippen molar-refractivity contribution in [1.29, 1.82) is 0 Å². The summed E-state index contributed by atoms with van der Waals surface area (Å²) in [7, 11) is 0. The van der Waals surface area contributed by atoms with Crippen LogP contribution < -0.4 is 10.1 Å². The van der Waals surface area contributed by atoms with E-state index in [1.165, 1.54) is 0 Å². The minimum absolute atomic E-state index is 0.0373. The second-order valence-corrected chi connectivity index (χ2v) is 4.71. The second kappa shape index (κ2) is 8.07. The van der Waals surface area contributed by atoms with Gasteiger partial charge in [-0.15, -0.1) is 0 Å². The van der Waals surface area contributed by atoms with Crippen LogP contribution in [0.2, 0.25) is 0 Å². The number of hydrogen-bond donors (Lipinski definition) is 1. The third-order valence-corrected chi connectivity index (χ3v) is 2.51. The Kier molecular flexibility index (Phi) is 6.73. The Morgan fingerprint density at radius 3 is 2.74 bits per heavy atom. The molecule has 0 aliphatic rings. The quantitative estimate of drug-likeness (QED) is 0.788. The molecule has 0 bridgehead atoms. The van der Waals surface area contributed by atoms with E-state index in [2.05, 4.69) is 10.3 Å². The molecule has 0 aromatic carbocycles. The lowest BCUT2D eigenvalue weighted by Crippen LogP contribution is -2.23. The van der Waals surface area contributed by atoms with Crippen LogP contribution in [0.5, 0.6) is 5.88 Å². The normalized spacial score (nSPS) is 12.7. The topological polar surface area (TPSA) is 43.4 Å². The molecule has 0 saturated carbocycles. The summed E-state index contributed by atoms with van der Waals surface area (Å²) in [6.07, 6.45) is 1.33. The first kappa shape index (κ1) is 15.9. The van der Waals surface area contributed by atoms with Crippen molar-refractivity contribution in [2.24, 2.45) is 0 Å². The number of rotatable bonds is 8.